The number of ether oxygens (including phenoxy) is 5. The molecule has 1 saturated carbocycles. The van der Waals surface area contributed by atoms with Crippen molar-refractivity contribution in [2.45, 2.75) is 181 Å². The van der Waals surface area contributed by atoms with Gasteiger partial charge in [0.1, 0.15) is 24.0 Å². The Morgan fingerprint density at radius 2 is 1.66 bits per heavy atom. The number of ketones is 2. The van der Waals surface area contributed by atoms with E-state index >= 15 is 0 Å². The van der Waals surface area contributed by atoms with Gasteiger partial charge in [0.2, 0.25) is 5.79 Å². The predicted octanol–water partition coefficient (Wildman–Crippen LogP) is 6.69. The summed E-state index contributed by atoms with van der Waals surface area (Å²) >= 11 is 0. The van der Waals surface area contributed by atoms with E-state index in [9.17, 15) is 29.4 Å². The number of esters is 1. The highest BCUT2D eigenvalue weighted by Crippen LogP contribution is 2.39. The Bertz CT molecular complexity index is 1520. The third-order valence-corrected chi connectivity index (χ3v) is 13.4. The highest BCUT2D eigenvalue weighted by Gasteiger charge is 2.56. The highest BCUT2D eigenvalue weighted by molar-refractivity contribution is 6.39. The lowest BCUT2D eigenvalue weighted by molar-refractivity contribution is -0.302. The number of carbonyl (C=O) groups excluding carboxylic acids is 4. The van der Waals surface area contributed by atoms with Crippen LogP contribution < -0.4 is 0 Å². The van der Waals surface area contributed by atoms with Crippen molar-refractivity contribution in [3.63, 3.8) is 0 Å². The van der Waals surface area contributed by atoms with Gasteiger partial charge in [0.15, 0.2) is 0 Å². The zero-order valence-corrected chi connectivity index (χ0v) is 37.5. The minimum atomic E-state index is -2.49. The van der Waals surface area contributed by atoms with Crippen molar-refractivity contribution in [2.24, 2.45) is 35.5 Å². The Kier molecular flexibility index (Phi) is 18.1. The van der Waals surface area contributed by atoms with Crippen LogP contribution in [0.25, 0.3) is 0 Å². The van der Waals surface area contributed by atoms with Crippen molar-refractivity contribution < 1.29 is 53.1 Å². The maximum Gasteiger partial charge on any atom is 0.329 e. The molecule has 14 atom stereocenters. The van der Waals surface area contributed by atoms with E-state index < -0.39 is 77.8 Å². The van der Waals surface area contributed by atoms with Crippen LogP contribution in [0.3, 0.4) is 0 Å². The first kappa shape index (κ1) is 48.9. The minimum absolute atomic E-state index is 0.0230. The number of fused-ring (bicyclic) bond motifs is 3. The van der Waals surface area contributed by atoms with Gasteiger partial charge in [-0.05, 0) is 115 Å². The number of methoxy groups -OCH3 is 2. The van der Waals surface area contributed by atoms with Gasteiger partial charge < -0.3 is 38.8 Å². The first-order valence-corrected chi connectivity index (χ1v) is 22.2. The van der Waals surface area contributed by atoms with Gasteiger partial charge in [-0.3, -0.25) is 14.4 Å². The summed E-state index contributed by atoms with van der Waals surface area (Å²) in [5.74, 6) is -7.01. The smallest absolute Gasteiger partial charge is 0.329 e. The summed E-state index contributed by atoms with van der Waals surface area (Å²) in [6, 6.07) is -1.11. The number of hydrogen-bond acceptors (Lipinski definition) is 11. The molecule has 3 heterocycles. The van der Waals surface area contributed by atoms with E-state index in [1.165, 1.54) is 19.1 Å². The molecule has 2 bridgehead atoms. The summed E-state index contributed by atoms with van der Waals surface area (Å²) in [5.41, 5.74) is 1.73. The predicted molar refractivity (Wildman–Crippen MR) is 225 cm³/mol. The maximum absolute atomic E-state index is 14.4. The van der Waals surface area contributed by atoms with Crippen LogP contribution in [-0.2, 0) is 42.9 Å². The molecular weight excluding hydrogens is 755 g/mol. The maximum atomic E-state index is 14.4. The summed E-state index contributed by atoms with van der Waals surface area (Å²) < 4.78 is 30.6. The molecule has 2 saturated heterocycles. The zero-order chi connectivity index (χ0) is 43.8. The summed E-state index contributed by atoms with van der Waals surface area (Å²) in [6.07, 6.45) is 7.58. The molecule has 12 heteroatoms. The molecule has 3 aliphatic heterocycles. The zero-order valence-electron chi connectivity index (χ0n) is 37.5. The van der Waals surface area contributed by atoms with Gasteiger partial charge in [-0.25, -0.2) is 4.79 Å². The number of rotatable bonds is 8. The second kappa shape index (κ2) is 21.9. The molecule has 1 amide bonds. The van der Waals surface area contributed by atoms with Crippen molar-refractivity contribution in [2.75, 3.05) is 20.8 Å². The van der Waals surface area contributed by atoms with Crippen LogP contribution >= 0.6 is 0 Å². The van der Waals surface area contributed by atoms with Gasteiger partial charge in [0.05, 0.1) is 30.5 Å². The van der Waals surface area contributed by atoms with E-state index in [1.54, 1.807) is 19.9 Å². The monoisotopic (exact) mass is 830 g/mol. The van der Waals surface area contributed by atoms with Crippen molar-refractivity contribution in [1.82, 2.24) is 4.90 Å². The molecule has 334 valence electrons. The normalized spacial score (nSPS) is 40.1. The number of cyclic esters (lactones) is 1. The molecule has 4 rings (SSSR count). The molecule has 0 aromatic heterocycles. The fourth-order valence-electron chi connectivity index (χ4n) is 9.99. The Morgan fingerprint density at radius 1 is 0.983 bits per heavy atom. The number of allylic oxidation sites excluding steroid dienone is 4. The van der Waals surface area contributed by atoms with Crippen LogP contribution in [0.15, 0.2) is 36.0 Å². The van der Waals surface area contributed by atoms with E-state index in [4.69, 9.17) is 23.7 Å². The molecule has 0 spiro atoms. The fourth-order valence-corrected chi connectivity index (χ4v) is 9.99. The van der Waals surface area contributed by atoms with E-state index in [-0.39, 0.29) is 55.6 Å². The lowest BCUT2D eigenvalue weighted by Gasteiger charge is -2.47. The number of carbonyl (C=O) groups is 4. The lowest BCUT2D eigenvalue weighted by atomic mass is 9.78. The van der Waals surface area contributed by atoms with Crippen LogP contribution in [0.2, 0.25) is 0 Å². The third-order valence-electron chi connectivity index (χ3n) is 13.4. The standard InChI is InChI=1S/C47H75NO11/c1-12-15-35-21-28(4)20-29(5)22-40(55-10)43-41(56-11)25-32(8)47(54,59-43)44(51)45(52)48-19-14-13-16-36(48)46(53)58-42(33(9)37(49)26-38(35)50)31(7)24-34-17-18-39(30(6)23-34)57-27(2)3/h12,21,24,27,29-30,32-37,39-43,49,54H,1,13-20,22-23,25-26H2,2-11H3/b28-21+,31-24+/t29-,30+,32+,33+,34+,35+,36-,37-,39+,40-,41-,42+,43+,47+/m0/s1. The number of aliphatic hydroxyl groups is 2. The number of nitrogens with zero attached hydrogens (tertiary/aromatic N) is 1. The highest BCUT2D eigenvalue weighted by atomic mass is 16.7. The summed E-state index contributed by atoms with van der Waals surface area (Å²) in [7, 11) is 3.08. The summed E-state index contributed by atoms with van der Waals surface area (Å²) in [6.45, 7) is 19.6. The Morgan fingerprint density at radius 3 is 2.29 bits per heavy atom. The van der Waals surface area contributed by atoms with Gasteiger partial charge in [-0.1, -0.05) is 51.5 Å². The van der Waals surface area contributed by atoms with Crippen LogP contribution in [0.4, 0.5) is 0 Å². The number of Topliss-reactive ketones (excluding diaryl/α,β-unsaturated/α-hetero) is 2. The van der Waals surface area contributed by atoms with Gasteiger partial charge >= 0.3 is 5.97 Å². The van der Waals surface area contributed by atoms with E-state index in [1.807, 2.05) is 33.8 Å². The molecule has 0 aromatic carbocycles. The van der Waals surface area contributed by atoms with Crippen molar-refractivity contribution in [3.05, 3.63) is 36.0 Å². The van der Waals surface area contributed by atoms with Gasteiger partial charge in [0, 0.05) is 44.9 Å². The molecule has 0 aromatic rings. The average molecular weight is 830 g/mol. The quantitative estimate of drug-likeness (QED) is 0.153. The molecule has 12 nitrogen and oxygen atoms in total. The van der Waals surface area contributed by atoms with Crippen LogP contribution in [-0.4, -0.2) is 114 Å². The fraction of sp³-hybridized carbons (Fsp3) is 0.787. The molecule has 2 N–H and O–H groups in total. The SMILES string of the molecule is C=CC[C@@H]1/C=C(\C)C[C@H](C)C[C@H](OC)[C@H]2O[C@@](O)(C(=O)C(=O)N3CCCC[C@H]3C(=O)O[C@H](/C(C)=C/[C@@H]3CC[C@@H](OC(C)C)[C@H](C)C3)[C@H](C)[C@@H](O)CC1=O)[C@H](C)C[C@@H]2OC. The Hall–Kier alpha value is -2.74. The van der Waals surface area contributed by atoms with Crippen LogP contribution in [0.5, 0.6) is 0 Å². The van der Waals surface area contributed by atoms with E-state index in [0.717, 1.165) is 30.4 Å². The summed E-state index contributed by atoms with van der Waals surface area (Å²) in [4.78, 5) is 58.1. The lowest BCUT2D eigenvalue weighted by Crippen LogP contribution is -2.64. The van der Waals surface area contributed by atoms with Crippen molar-refractivity contribution in [1.29, 1.82) is 0 Å². The molecule has 4 aliphatic rings. The number of piperidine rings is 1. The molecule has 0 unspecified atom stereocenters. The van der Waals surface area contributed by atoms with Crippen LogP contribution in [0, 0.1) is 35.5 Å². The number of hydrogen-bond donors (Lipinski definition) is 2. The first-order valence-electron chi connectivity index (χ1n) is 22.2. The van der Waals surface area contributed by atoms with E-state index in [2.05, 4.69) is 26.5 Å². The number of aliphatic hydroxyl groups excluding tert-OH is 1. The molecule has 59 heavy (non-hydrogen) atoms. The topological polar surface area (TPSA) is 158 Å². The second-order valence-corrected chi connectivity index (χ2v) is 18.6. The molecular formula is C47H75NO11. The minimum Gasteiger partial charge on any atom is -0.456 e. The first-order chi connectivity index (χ1) is 27.8. The van der Waals surface area contributed by atoms with Gasteiger partial charge in [-0.2, -0.15) is 0 Å². The Labute approximate surface area is 353 Å². The second-order valence-electron chi connectivity index (χ2n) is 18.6. The molecule has 0 radical (unpaired) electrons. The molecule has 1 aliphatic carbocycles. The average Bonchev–Trinajstić information content (AvgIpc) is 3.19. The summed E-state index contributed by atoms with van der Waals surface area (Å²) in [5, 5.41) is 23.8. The number of amides is 1. The third kappa shape index (κ3) is 12.2. The van der Waals surface area contributed by atoms with Gasteiger partial charge in [0.25, 0.3) is 11.7 Å². The largest absolute Gasteiger partial charge is 0.456 e. The van der Waals surface area contributed by atoms with Crippen molar-refractivity contribution in [3.8, 4) is 0 Å². The molecule has 3 fully saturated rings. The van der Waals surface area contributed by atoms with Gasteiger partial charge in [-0.15, -0.1) is 6.58 Å². The van der Waals surface area contributed by atoms with Crippen molar-refractivity contribution >= 4 is 23.4 Å². The van der Waals surface area contributed by atoms with E-state index in [0.29, 0.717) is 38.0 Å². The Balaban J connectivity index is 1.76. The van der Waals surface area contributed by atoms with Crippen LogP contribution in [0.1, 0.15) is 126 Å².